The molecule has 3 N–H and O–H groups in total. The van der Waals surface area contributed by atoms with Crippen LogP contribution in [-0.4, -0.2) is 28.7 Å². The first-order valence-electron chi connectivity index (χ1n) is 11.7. The van der Waals surface area contributed by atoms with E-state index in [2.05, 4.69) is 5.32 Å². The SMILES string of the molecule is Cc1cc(OCCc2ccc(O)cc2)cc(C)c1C(=O)Nc1cc([C@H]2C[C@H]2C(=O)O)ccc1C(F)(F)F. The highest BCUT2D eigenvalue weighted by atomic mass is 19.4. The number of aryl methyl sites for hydroxylation is 2. The first kappa shape index (κ1) is 26.1. The van der Waals surface area contributed by atoms with E-state index in [0.29, 0.717) is 41.9 Å². The lowest BCUT2D eigenvalue weighted by Gasteiger charge is -2.17. The second kappa shape index (κ2) is 10.2. The third-order valence-electron chi connectivity index (χ3n) is 6.46. The van der Waals surface area contributed by atoms with Gasteiger partial charge in [0.1, 0.15) is 11.5 Å². The van der Waals surface area contributed by atoms with E-state index in [9.17, 15) is 27.9 Å². The number of carbonyl (C=O) groups is 2. The van der Waals surface area contributed by atoms with Crippen molar-refractivity contribution in [2.75, 3.05) is 11.9 Å². The molecule has 37 heavy (non-hydrogen) atoms. The van der Waals surface area contributed by atoms with Crippen molar-refractivity contribution in [3.63, 3.8) is 0 Å². The summed E-state index contributed by atoms with van der Waals surface area (Å²) in [6.07, 6.45) is -3.75. The number of alkyl halides is 3. The van der Waals surface area contributed by atoms with Gasteiger partial charge in [0.05, 0.1) is 23.8 Å². The fourth-order valence-electron chi connectivity index (χ4n) is 4.48. The number of nitrogens with one attached hydrogen (secondary N) is 1. The zero-order valence-corrected chi connectivity index (χ0v) is 20.2. The van der Waals surface area contributed by atoms with Crippen LogP contribution in [0.4, 0.5) is 18.9 Å². The number of ether oxygens (including phenoxy) is 1. The third kappa shape index (κ3) is 6.04. The molecule has 0 aliphatic heterocycles. The summed E-state index contributed by atoms with van der Waals surface area (Å²) in [5.74, 6) is -2.00. The Morgan fingerprint density at radius 2 is 1.68 bits per heavy atom. The Balaban J connectivity index is 1.51. The Hall–Kier alpha value is -4.01. The molecule has 0 heterocycles. The smallest absolute Gasteiger partial charge is 0.418 e. The van der Waals surface area contributed by atoms with Crippen LogP contribution in [0, 0.1) is 19.8 Å². The predicted octanol–water partition coefficient (Wildman–Crippen LogP) is 6.09. The van der Waals surface area contributed by atoms with E-state index in [1.54, 1.807) is 50.2 Å². The minimum absolute atomic E-state index is 0.177. The largest absolute Gasteiger partial charge is 0.508 e. The molecule has 194 valence electrons. The zero-order valence-electron chi connectivity index (χ0n) is 20.2. The molecule has 0 radical (unpaired) electrons. The average molecular weight is 514 g/mol. The van der Waals surface area contributed by atoms with E-state index in [4.69, 9.17) is 9.84 Å². The number of phenols is 1. The lowest BCUT2D eigenvalue weighted by atomic mass is 10.00. The number of phenolic OH excluding ortho intramolecular Hbond substituents is 1. The number of rotatable bonds is 8. The highest BCUT2D eigenvalue weighted by Gasteiger charge is 2.45. The molecule has 3 aromatic carbocycles. The van der Waals surface area contributed by atoms with Crippen LogP contribution in [0.5, 0.6) is 11.5 Å². The number of hydrogen-bond donors (Lipinski definition) is 3. The number of aliphatic carboxylic acids is 1. The minimum Gasteiger partial charge on any atom is -0.508 e. The molecule has 1 amide bonds. The Labute approximate surface area is 211 Å². The lowest BCUT2D eigenvalue weighted by molar-refractivity contribution is -0.139. The van der Waals surface area contributed by atoms with Crippen LogP contribution in [0.1, 0.15) is 50.5 Å². The summed E-state index contributed by atoms with van der Waals surface area (Å²) in [6.45, 7) is 3.71. The number of aromatic hydroxyl groups is 1. The van der Waals surface area contributed by atoms with Crippen molar-refractivity contribution in [3.05, 3.63) is 88.0 Å². The van der Waals surface area contributed by atoms with Gasteiger partial charge >= 0.3 is 12.1 Å². The van der Waals surface area contributed by atoms with Crippen LogP contribution in [0.3, 0.4) is 0 Å². The maximum absolute atomic E-state index is 13.7. The summed E-state index contributed by atoms with van der Waals surface area (Å²) in [4.78, 5) is 24.3. The first-order valence-corrected chi connectivity index (χ1v) is 11.7. The monoisotopic (exact) mass is 513 g/mol. The maximum atomic E-state index is 13.7. The van der Waals surface area contributed by atoms with Gasteiger partial charge in [0.25, 0.3) is 5.91 Å². The molecule has 0 unspecified atom stereocenters. The zero-order chi connectivity index (χ0) is 26.9. The number of carboxylic acid groups (broad SMARTS) is 1. The quantitative estimate of drug-likeness (QED) is 0.339. The number of hydrogen-bond acceptors (Lipinski definition) is 4. The van der Waals surface area contributed by atoms with Crippen molar-refractivity contribution in [2.45, 2.75) is 38.8 Å². The summed E-state index contributed by atoms with van der Waals surface area (Å²) < 4.78 is 46.8. The molecule has 1 saturated carbocycles. The molecular formula is C28H26F3NO5. The number of halogens is 3. The van der Waals surface area contributed by atoms with Gasteiger partial charge in [0, 0.05) is 12.0 Å². The molecule has 3 aromatic rings. The Bertz CT molecular complexity index is 1310. The van der Waals surface area contributed by atoms with Gasteiger partial charge in [0.2, 0.25) is 0 Å². The lowest BCUT2D eigenvalue weighted by Crippen LogP contribution is -2.19. The fourth-order valence-corrected chi connectivity index (χ4v) is 4.48. The predicted molar refractivity (Wildman–Crippen MR) is 131 cm³/mol. The molecule has 2 atom stereocenters. The fraction of sp³-hybridized carbons (Fsp3) is 0.286. The topological polar surface area (TPSA) is 95.9 Å². The molecule has 0 spiro atoms. The van der Waals surface area contributed by atoms with Crippen molar-refractivity contribution in [1.29, 1.82) is 0 Å². The van der Waals surface area contributed by atoms with Gasteiger partial charge in [0.15, 0.2) is 0 Å². The van der Waals surface area contributed by atoms with Crippen LogP contribution in [0.25, 0.3) is 0 Å². The summed E-state index contributed by atoms with van der Waals surface area (Å²) in [7, 11) is 0. The van der Waals surface area contributed by atoms with Gasteiger partial charge in [-0.3, -0.25) is 9.59 Å². The molecule has 1 aliphatic carbocycles. The van der Waals surface area contributed by atoms with Crippen molar-refractivity contribution in [1.82, 2.24) is 0 Å². The molecular weight excluding hydrogens is 487 g/mol. The minimum atomic E-state index is -4.70. The second-order valence-electron chi connectivity index (χ2n) is 9.24. The van der Waals surface area contributed by atoms with E-state index < -0.39 is 35.2 Å². The Kier molecular flexibility index (Phi) is 7.16. The van der Waals surface area contributed by atoms with Gasteiger partial charge in [-0.15, -0.1) is 0 Å². The molecule has 6 nitrogen and oxygen atoms in total. The number of carbonyl (C=O) groups excluding carboxylic acids is 1. The normalized spacial score (nSPS) is 16.8. The maximum Gasteiger partial charge on any atom is 0.418 e. The molecule has 1 aliphatic rings. The van der Waals surface area contributed by atoms with Crippen molar-refractivity contribution >= 4 is 17.6 Å². The van der Waals surface area contributed by atoms with E-state index >= 15 is 0 Å². The number of benzene rings is 3. The highest BCUT2D eigenvalue weighted by Crippen LogP contribution is 2.49. The van der Waals surface area contributed by atoms with Crippen LogP contribution in [-0.2, 0) is 17.4 Å². The molecule has 0 aromatic heterocycles. The van der Waals surface area contributed by atoms with Crippen LogP contribution in [0.2, 0.25) is 0 Å². The third-order valence-corrected chi connectivity index (χ3v) is 6.46. The average Bonchev–Trinajstić information content (AvgIpc) is 3.61. The van der Waals surface area contributed by atoms with Crippen molar-refractivity contribution < 1.29 is 37.7 Å². The molecule has 9 heteroatoms. The van der Waals surface area contributed by atoms with Gasteiger partial charge in [-0.25, -0.2) is 0 Å². The molecule has 1 fully saturated rings. The Morgan fingerprint density at radius 3 is 2.24 bits per heavy atom. The first-order chi connectivity index (χ1) is 17.4. The van der Waals surface area contributed by atoms with Crippen LogP contribution in [0.15, 0.2) is 54.6 Å². The number of anilines is 1. The number of amides is 1. The summed E-state index contributed by atoms with van der Waals surface area (Å²) in [5.41, 5.74) is 1.33. The summed E-state index contributed by atoms with van der Waals surface area (Å²) in [6, 6.07) is 13.4. The van der Waals surface area contributed by atoms with Crippen LogP contribution >= 0.6 is 0 Å². The van der Waals surface area contributed by atoms with Gasteiger partial charge in [-0.1, -0.05) is 18.2 Å². The molecule has 0 bridgehead atoms. The van der Waals surface area contributed by atoms with Gasteiger partial charge < -0.3 is 20.3 Å². The van der Waals surface area contributed by atoms with Crippen LogP contribution < -0.4 is 10.1 Å². The van der Waals surface area contributed by atoms with Crippen molar-refractivity contribution in [2.24, 2.45) is 5.92 Å². The number of carboxylic acids is 1. The Morgan fingerprint density at radius 1 is 1.03 bits per heavy atom. The van der Waals surface area contributed by atoms with E-state index in [1.807, 2.05) is 0 Å². The summed E-state index contributed by atoms with van der Waals surface area (Å²) in [5, 5.41) is 20.9. The molecule has 0 saturated heterocycles. The molecule has 4 rings (SSSR count). The second-order valence-corrected chi connectivity index (χ2v) is 9.24. The van der Waals surface area contributed by atoms with Gasteiger partial charge in [-0.05, 0) is 84.8 Å². The standard InChI is InChI=1S/C28H26F3NO5/c1-15-11-20(37-10-9-17-3-6-19(33)7-4-17)12-16(2)25(15)26(34)32-24-13-18(21-14-22(21)27(35)36)5-8-23(24)28(29,30)31/h3-8,11-13,21-22,33H,9-10,14H2,1-2H3,(H,32,34)(H,35,36)/t21-,22-/m1/s1. The highest BCUT2D eigenvalue weighted by molar-refractivity contribution is 6.07. The van der Waals surface area contributed by atoms with E-state index in [1.165, 1.54) is 12.1 Å². The van der Waals surface area contributed by atoms with Crippen molar-refractivity contribution in [3.8, 4) is 11.5 Å². The van der Waals surface area contributed by atoms with Gasteiger partial charge in [-0.2, -0.15) is 13.2 Å². The summed E-state index contributed by atoms with van der Waals surface area (Å²) >= 11 is 0. The van der Waals surface area contributed by atoms with E-state index in [-0.39, 0.29) is 17.2 Å². The van der Waals surface area contributed by atoms with E-state index in [0.717, 1.165) is 11.6 Å².